The van der Waals surface area contributed by atoms with Crippen LogP contribution in [-0.2, 0) is 11.2 Å². The van der Waals surface area contributed by atoms with Gasteiger partial charge in [-0.15, -0.1) is 0 Å². The summed E-state index contributed by atoms with van der Waals surface area (Å²) in [7, 11) is 0. The van der Waals surface area contributed by atoms with Gasteiger partial charge in [-0.3, -0.25) is 4.98 Å². The number of carbonyl (C=O) groups is 1. The summed E-state index contributed by atoms with van der Waals surface area (Å²) in [4.78, 5) is 14.4. The van der Waals surface area contributed by atoms with Crippen LogP contribution < -0.4 is 0 Å². The van der Waals surface area contributed by atoms with Crippen molar-refractivity contribution in [3.63, 3.8) is 0 Å². The van der Waals surface area contributed by atoms with Gasteiger partial charge in [0.2, 0.25) is 0 Å². The Morgan fingerprint density at radius 1 is 1.50 bits per heavy atom. The average molecular weight is 163 g/mol. The quantitative estimate of drug-likeness (QED) is 0.637. The van der Waals surface area contributed by atoms with Crippen LogP contribution in [0.4, 0.5) is 0 Å². The Kier molecular flexibility index (Phi) is 2.97. The molecule has 0 aliphatic heterocycles. The first-order valence-corrected chi connectivity index (χ1v) is 4.12. The highest BCUT2D eigenvalue weighted by molar-refractivity contribution is 5.54. The Morgan fingerprint density at radius 3 is 2.67 bits per heavy atom. The Morgan fingerprint density at radius 2 is 2.25 bits per heavy atom. The molecule has 0 fully saturated rings. The summed E-state index contributed by atoms with van der Waals surface area (Å²) in [6, 6.07) is 3.93. The maximum absolute atomic E-state index is 10.2. The minimum Gasteiger partial charge on any atom is -0.303 e. The van der Waals surface area contributed by atoms with Gasteiger partial charge in [0.15, 0.2) is 0 Å². The van der Waals surface area contributed by atoms with E-state index in [-0.39, 0.29) is 0 Å². The van der Waals surface area contributed by atoms with Crippen molar-refractivity contribution in [1.29, 1.82) is 0 Å². The van der Waals surface area contributed by atoms with E-state index < -0.39 is 0 Å². The molecule has 0 saturated carbocycles. The molecule has 0 saturated heterocycles. The Labute approximate surface area is 72.6 Å². The van der Waals surface area contributed by atoms with Gasteiger partial charge in [0.1, 0.15) is 6.29 Å². The van der Waals surface area contributed by atoms with Gasteiger partial charge in [0, 0.05) is 18.3 Å². The van der Waals surface area contributed by atoms with Crippen LogP contribution >= 0.6 is 0 Å². The zero-order valence-corrected chi connectivity index (χ0v) is 7.45. The Balaban J connectivity index is 2.78. The Hall–Kier alpha value is -1.18. The SMILES string of the molecule is CC(C)c1ccc(CC=O)cn1. The molecule has 0 aromatic carbocycles. The molecule has 0 atom stereocenters. The molecule has 0 aliphatic carbocycles. The normalized spacial score (nSPS) is 10.2. The van der Waals surface area contributed by atoms with E-state index in [1.165, 1.54) is 0 Å². The standard InChI is InChI=1S/C10H13NO/c1-8(2)10-4-3-9(5-6-12)7-11-10/h3-4,6-8H,5H2,1-2H3. The number of pyridine rings is 1. The minimum absolute atomic E-state index is 0.454. The molecule has 12 heavy (non-hydrogen) atoms. The van der Waals surface area contributed by atoms with Gasteiger partial charge in [-0.25, -0.2) is 0 Å². The van der Waals surface area contributed by atoms with Crippen molar-refractivity contribution in [1.82, 2.24) is 4.98 Å². The van der Waals surface area contributed by atoms with Gasteiger partial charge in [-0.1, -0.05) is 19.9 Å². The number of hydrogen-bond donors (Lipinski definition) is 0. The largest absolute Gasteiger partial charge is 0.303 e. The van der Waals surface area contributed by atoms with Gasteiger partial charge < -0.3 is 4.79 Å². The number of rotatable bonds is 3. The van der Waals surface area contributed by atoms with Crippen molar-refractivity contribution >= 4 is 6.29 Å². The van der Waals surface area contributed by atoms with E-state index in [1.54, 1.807) is 6.20 Å². The second kappa shape index (κ2) is 4.00. The lowest BCUT2D eigenvalue weighted by atomic mass is 10.1. The predicted molar refractivity (Wildman–Crippen MR) is 48.1 cm³/mol. The molecule has 2 nitrogen and oxygen atoms in total. The van der Waals surface area contributed by atoms with Crippen LogP contribution in [0, 0.1) is 0 Å². The van der Waals surface area contributed by atoms with Crippen LogP contribution in [0.5, 0.6) is 0 Å². The lowest BCUT2D eigenvalue weighted by molar-refractivity contribution is -0.107. The summed E-state index contributed by atoms with van der Waals surface area (Å²) in [5.74, 6) is 0.454. The third kappa shape index (κ3) is 2.16. The predicted octanol–water partition coefficient (Wildman–Crippen LogP) is 1.95. The molecule has 2 heteroatoms. The molecule has 0 unspecified atom stereocenters. The third-order valence-electron chi connectivity index (χ3n) is 1.76. The third-order valence-corrected chi connectivity index (χ3v) is 1.76. The fraction of sp³-hybridized carbons (Fsp3) is 0.400. The first-order valence-electron chi connectivity index (χ1n) is 4.12. The molecular formula is C10H13NO. The molecule has 1 aromatic heterocycles. The number of aldehydes is 1. The zero-order valence-electron chi connectivity index (χ0n) is 7.45. The maximum atomic E-state index is 10.2. The van der Waals surface area contributed by atoms with Crippen molar-refractivity contribution in [2.45, 2.75) is 26.2 Å². The van der Waals surface area contributed by atoms with Crippen LogP contribution in [0.1, 0.15) is 31.0 Å². The molecule has 0 amide bonds. The highest BCUT2D eigenvalue weighted by atomic mass is 16.1. The van der Waals surface area contributed by atoms with E-state index >= 15 is 0 Å². The van der Waals surface area contributed by atoms with E-state index in [0.29, 0.717) is 12.3 Å². The number of hydrogen-bond acceptors (Lipinski definition) is 2. The average Bonchev–Trinajstić information content (AvgIpc) is 2.06. The van der Waals surface area contributed by atoms with Crippen molar-refractivity contribution in [2.24, 2.45) is 0 Å². The first-order chi connectivity index (χ1) is 5.74. The second-order valence-electron chi connectivity index (χ2n) is 3.12. The molecule has 1 heterocycles. The van der Waals surface area contributed by atoms with Crippen molar-refractivity contribution in [3.8, 4) is 0 Å². The fourth-order valence-corrected chi connectivity index (χ4v) is 0.994. The summed E-state index contributed by atoms with van der Waals surface area (Å²) < 4.78 is 0. The molecule has 0 spiro atoms. The topological polar surface area (TPSA) is 30.0 Å². The molecule has 1 aromatic rings. The molecule has 0 N–H and O–H groups in total. The van der Waals surface area contributed by atoms with E-state index in [4.69, 9.17) is 0 Å². The summed E-state index contributed by atoms with van der Waals surface area (Å²) in [6.07, 6.45) is 3.13. The fourth-order valence-electron chi connectivity index (χ4n) is 0.994. The van der Waals surface area contributed by atoms with Gasteiger partial charge >= 0.3 is 0 Å². The van der Waals surface area contributed by atoms with E-state index in [1.807, 2.05) is 12.1 Å². The van der Waals surface area contributed by atoms with Crippen LogP contribution in [0.25, 0.3) is 0 Å². The second-order valence-corrected chi connectivity index (χ2v) is 3.12. The van der Waals surface area contributed by atoms with Crippen molar-refractivity contribution in [2.75, 3.05) is 0 Å². The van der Waals surface area contributed by atoms with Gasteiger partial charge in [-0.2, -0.15) is 0 Å². The van der Waals surface area contributed by atoms with Gasteiger partial charge in [0.25, 0.3) is 0 Å². The number of nitrogens with zero attached hydrogens (tertiary/aromatic N) is 1. The van der Waals surface area contributed by atoms with Gasteiger partial charge in [-0.05, 0) is 17.5 Å². The lowest BCUT2D eigenvalue weighted by Crippen LogP contribution is -1.94. The van der Waals surface area contributed by atoms with E-state index in [9.17, 15) is 4.79 Å². The van der Waals surface area contributed by atoms with E-state index in [2.05, 4.69) is 18.8 Å². The van der Waals surface area contributed by atoms with Crippen LogP contribution in [-0.4, -0.2) is 11.3 Å². The monoisotopic (exact) mass is 163 g/mol. The highest BCUT2D eigenvalue weighted by Gasteiger charge is 1.99. The summed E-state index contributed by atoms with van der Waals surface area (Å²) >= 11 is 0. The maximum Gasteiger partial charge on any atom is 0.124 e. The zero-order chi connectivity index (χ0) is 8.97. The van der Waals surface area contributed by atoms with Crippen molar-refractivity contribution in [3.05, 3.63) is 29.6 Å². The number of aromatic nitrogens is 1. The summed E-state index contributed by atoms with van der Waals surface area (Å²) in [6.45, 7) is 4.20. The number of carbonyl (C=O) groups excluding carboxylic acids is 1. The van der Waals surface area contributed by atoms with Crippen LogP contribution in [0.15, 0.2) is 18.3 Å². The molecular weight excluding hydrogens is 150 g/mol. The summed E-state index contributed by atoms with van der Waals surface area (Å²) in [5, 5.41) is 0. The van der Waals surface area contributed by atoms with E-state index in [0.717, 1.165) is 17.5 Å². The molecule has 1 rings (SSSR count). The van der Waals surface area contributed by atoms with Crippen molar-refractivity contribution < 1.29 is 4.79 Å². The van der Waals surface area contributed by atoms with Gasteiger partial charge in [0.05, 0.1) is 0 Å². The first kappa shape index (κ1) is 8.91. The molecule has 0 aliphatic rings. The molecule has 64 valence electrons. The molecule has 0 bridgehead atoms. The lowest BCUT2D eigenvalue weighted by Gasteiger charge is -2.03. The highest BCUT2D eigenvalue weighted by Crippen LogP contribution is 2.10. The van der Waals surface area contributed by atoms with Crippen LogP contribution in [0.3, 0.4) is 0 Å². The molecule has 0 radical (unpaired) electrons. The van der Waals surface area contributed by atoms with Crippen LogP contribution in [0.2, 0.25) is 0 Å². The Bertz CT molecular complexity index is 251. The summed E-state index contributed by atoms with van der Waals surface area (Å²) in [5.41, 5.74) is 2.05. The smallest absolute Gasteiger partial charge is 0.124 e. The minimum atomic E-state index is 0.454.